The van der Waals surface area contributed by atoms with Gasteiger partial charge in [0.2, 0.25) is 5.95 Å². The van der Waals surface area contributed by atoms with Crippen molar-refractivity contribution >= 4 is 5.91 Å². The molecule has 0 saturated carbocycles. The molecule has 1 aromatic rings. The summed E-state index contributed by atoms with van der Waals surface area (Å²) in [6.45, 7) is 6.02. The van der Waals surface area contributed by atoms with Crippen LogP contribution in [0.15, 0.2) is 18.3 Å². The van der Waals surface area contributed by atoms with E-state index in [0.29, 0.717) is 11.0 Å². The van der Waals surface area contributed by atoms with Crippen molar-refractivity contribution in [1.29, 1.82) is 0 Å². The standard InChI is InChI=1S/C14H19FN2O/c1-14(2)6-3-8-17(9-7-14)13(18)11-4-5-12(15)16-10-11/h4-5,10H,3,6-9H2,1-2H3. The minimum atomic E-state index is -0.552. The van der Waals surface area contributed by atoms with Gasteiger partial charge in [-0.3, -0.25) is 4.79 Å². The van der Waals surface area contributed by atoms with Gasteiger partial charge in [-0.15, -0.1) is 0 Å². The van der Waals surface area contributed by atoms with Crippen LogP contribution < -0.4 is 0 Å². The molecule has 1 aromatic heterocycles. The summed E-state index contributed by atoms with van der Waals surface area (Å²) in [4.78, 5) is 17.6. The Kier molecular flexibility index (Phi) is 3.64. The fourth-order valence-corrected chi connectivity index (χ4v) is 2.31. The van der Waals surface area contributed by atoms with Crippen LogP contribution in [-0.4, -0.2) is 28.9 Å². The Balaban J connectivity index is 2.07. The maximum atomic E-state index is 12.7. The van der Waals surface area contributed by atoms with Gasteiger partial charge in [0.05, 0.1) is 5.56 Å². The van der Waals surface area contributed by atoms with E-state index in [4.69, 9.17) is 0 Å². The van der Waals surface area contributed by atoms with Crippen molar-refractivity contribution in [3.05, 3.63) is 29.8 Å². The van der Waals surface area contributed by atoms with Gasteiger partial charge in [0, 0.05) is 19.3 Å². The summed E-state index contributed by atoms with van der Waals surface area (Å²) in [6.07, 6.45) is 4.48. The molecule has 4 heteroatoms. The zero-order chi connectivity index (χ0) is 13.2. The molecule has 3 nitrogen and oxygen atoms in total. The van der Waals surface area contributed by atoms with Crippen LogP contribution in [0, 0.1) is 11.4 Å². The lowest BCUT2D eigenvalue weighted by Gasteiger charge is -2.23. The van der Waals surface area contributed by atoms with Crippen molar-refractivity contribution in [3.8, 4) is 0 Å². The van der Waals surface area contributed by atoms with Gasteiger partial charge in [0.25, 0.3) is 5.91 Å². The van der Waals surface area contributed by atoms with E-state index in [1.165, 1.54) is 18.3 Å². The van der Waals surface area contributed by atoms with Crippen LogP contribution in [0.2, 0.25) is 0 Å². The highest BCUT2D eigenvalue weighted by Crippen LogP contribution is 2.30. The third-order valence-corrected chi connectivity index (χ3v) is 3.60. The molecular weight excluding hydrogens is 231 g/mol. The first-order valence-corrected chi connectivity index (χ1v) is 6.39. The predicted octanol–water partition coefficient (Wildman–Crippen LogP) is 2.87. The first-order valence-electron chi connectivity index (χ1n) is 6.39. The number of hydrogen-bond donors (Lipinski definition) is 0. The number of rotatable bonds is 1. The predicted molar refractivity (Wildman–Crippen MR) is 67.7 cm³/mol. The van der Waals surface area contributed by atoms with Crippen molar-refractivity contribution in [2.24, 2.45) is 5.41 Å². The van der Waals surface area contributed by atoms with Crippen molar-refractivity contribution in [3.63, 3.8) is 0 Å². The highest BCUT2D eigenvalue weighted by molar-refractivity contribution is 5.93. The van der Waals surface area contributed by atoms with Gasteiger partial charge >= 0.3 is 0 Å². The van der Waals surface area contributed by atoms with E-state index in [-0.39, 0.29) is 5.91 Å². The van der Waals surface area contributed by atoms with Crippen LogP contribution in [0.25, 0.3) is 0 Å². The monoisotopic (exact) mass is 250 g/mol. The van der Waals surface area contributed by atoms with Gasteiger partial charge in [-0.1, -0.05) is 13.8 Å². The summed E-state index contributed by atoms with van der Waals surface area (Å²) in [5.41, 5.74) is 0.770. The molecule has 1 aliphatic heterocycles. The van der Waals surface area contributed by atoms with Gasteiger partial charge in [-0.2, -0.15) is 4.39 Å². The van der Waals surface area contributed by atoms with Crippen LogP contribution in [0.4, 0.5) is 4.39 Å². The molecule has 1 fully saturated rings. The summed E-state index contributed by atoms with van der Waals surface area (Å²) in [7, 11) is 0. The highest BCUT2D eigenvalue weighted by atomic mass is 19.1. The van der Waals surface area contributed by atoms with Gasteiger partial charge in [-0.25, -0.2) is 4.98 Å². The third kappa shape index (κ3) is 3.06. The maximum absolute atomic E-state index is 12.7. The molecule has 2 heterocycles. The van der Waals surface area contributed by atoms with Crippen LogP contribution >= 0.6 is 0 Å². The molecule has 1 aliphatic rings. The van der Waals surface area contributed by atoms with Crippen molar-refractivity contribution in [2.45, 2.75) is 33.1 Å². The van der Waals surface area contributed by atoms with E-state index in [9.17, 15) is 9.18 Å². The number of pyridine rings is 1. The molecule has 0 spiro atoms. The lowest BCUT2D eigenvalue weighted by Crippen LogP contribution is -2.32. The van der Waals surface area contributed by atoms with E-state index in [1.54, 1.807) is 0 Å². The fraction of sp³-hybridized carbons (Fsp3) is 0.571. The zero-order valence-electron chi connectivity index (χ0n) is 10.9. The quantitative estimate of drug-likeness (QED) is 0.718. The molecule has 0 unspecified atom stereocenters. The Labute approximate surface area is 107 Å². The van der Waals surface area contributed by atoms with Gasteiger partial charge in [-0.05, 0) is 36.8 Å². The Bertz CT molecular complexity index is 428. The molecule has 1 saturated heterocycles. The molecule has 0 atom stereocenters. The SMILES string of the molecule is CC1(C)CCCN(C(=O)c2ccc(F)nc2)CC1. The topological polar surface area (TPSA) is 33.2 Å². The summed E-state index contributed by atoms with van der Waals surface area (Å²) in [6, 6.07) is 2.73. The normalized spacial score (nSPS) is 19.4. The number of carbonyl (C=O) groups is 1. The Morgan fingerprint density at radius 2 is 2.11 bits per heavy atom. The minimum Gasteiger partial charge on any atom is -0.339 e. The first kappa shape index (κ1) is 13.0. The smallest absolute Gasteiger partial charge is 0.255 e. The molecule has 0 aromatic carbocycles. The first-order chi connectivity index (χ1) is 8.48. The van der Waals surface area contributed by atoms with E-state index >= 15 is 0 Å². The summed E-state index contributed by atoms with van der Waals surface area (Å²) in [5.74, 6) is -0.594. The number of carbonyl (C=O) groups excluding carboxylic acids is 1. The second-order valence-electron chi connectivity index (χ2n) is 5.68. The number of likely N-dealkylation sites (tertiary alicyclic amines) is 1. The molecule has 98 valence electrons. The van der Waals surface area contributed by atoms with Crippen molar-refractivity contribution in [1.82, 2.24) is 9.88 Å². The Hall–Kier alpha value is -1.45. The third-order valence-electron chi connectivity index (χ3n) is 3.60. The molecule has 1 amide bonds. The molecule has 0 radical (unpaired) electrons. The number of aromatic nitrogens is 1. The van der Waals surface area contributed by atoms with Crippen LogP contribution in [-0.2, 0) is 0 Å². The average Bonchev–Trinajstić information content (AvgIpc) is 2.50. The Morgan fingerprint density at radius 3 is 2.78 bits per heavy atom. The van der Waals surface area contributed by atoms with E-state index in [2.05, 4.69) is 18.8 Å². The summed E-state index contributed by atoms with van der Waals surface area (Å²) in [5, 5.41) is 0. The summed E-state index contributed by atoms with van der Waals surface area (Å²) < 4.78 is 12.7. The number of amides is 1. The van der Waals surface area contributed by atoms with Crippen LogP contribution in [0.1, 0.15) is 43.5 Å². The average molecular weight is 250 g/mol. The largest absolute Gasteiger partial charge is 0.339 e. The van der Waals surface area contributed by atoms with Gasteiger partial charge in [0.15, 0.2) is 0 Å². The van der Waals surface area contributed by atoms with Crippen LogP contribution in [0.5, 0.6) is 0 Å². The molecule has 2 rings (SSSR count). The minimum absolute atomic E-state index is 0.0415. The van der Waals surface area contributed by atoms with E-state index < -0.39 is 5.95 Å². The maximum Gasteiger partial charge on any atom is 0.255 e. The van der Waals surface area contributed by atoms with E-state index in [0.717, 1.165) is 32.4 Å². The molecule has 0 aliphatic carbocycles. The van der Waals surface area contributed by atoms with Gasteiger partial charge < -0.3 is 4.90 Å². The summed E-state index contributed by atoms with van der Waals surface area (Å²) >= 11 is 0. The molecule has 0 bridgehead atoms. The van der Waals surface area contributed by atoms with Crippen molar-refractivity contribution in [2.75, 3.05) is 13.1 Å². The van der Waals surface area contributed by atoms with Crippen molar-refractivity contribution < 1.29 is 9.18 Å². The molecular formula is C14H19FN2O. The molecule has 0 N–H and O–H groups in total. The lowest BCUT2D eigenvalue weighted by molar-refractivity contribution is 0.0757. The lowest BCUT2D eigenvalue weighted by atomic mass is 9.85. The van der Waals surface area contributed by atoms with Gasteiger partial charge in [0.1, 0.15) is 0 Å². The van der Waals surface area contributed by atoms with E-state index in [1.807, 2.05) is 4.90 Å². The number of hydrogen-bond acceptors (Lipinski definition) is 2. The second kappa shape index (κ2) is 5.04. The Morgan fingerprint density at radius 1 is 1.33 bits per heavy atom. The van der Waals surface area contributed by atoms with Crippen LogP contribution in [0.3, 0.4) is 0 Å². The molecule has 18 heavy (non-hydrogen) atoms. The number of nitrogens with zero attached hydrogens (tertiary/aromatic N) is 2. The zero-order valence-corrected chi connectivity index (χ0v) is 10.9. The fourth-order valence-electron chi connectivity index (χ4n) is 2.31. The number of halogens is 1. The second-order valence-corrected chi connectivity index (χ2v) is 5.68. The highest BCUT2D eigenvalue weighted by Gasteiger charge is 2.25.